The van der Waals surface area contributed by atoms with Crippen molar-refractivity contribution in [2.24, 2.45) is 10.7 Å². The van der Waals surface area contributed by atoms with E-state index in [1.807, 2.05) is 6.92 Å². The molecule has 0 bridgehead atoms. The number of hydrogen-bond acceptors (Lipinski definition) is 3. The van der Waals surface area contributed by atoms with E-state index in [0.29, 0.717) is 13.0 Å². The minimum Gasteiger partial charge on any atom is -0.330 e. The lowest BCUT2D eigenvalue weighted by molar-refractivity contribution is -0.127. The number of nitrogens with two attached hydrogens (primary N) is 1. The Kier molecular flexibility index (Phi) is 3.89. The number of rotatable bonds is 4. The third kappa shape index (κ3) is 2.52. The number of nitrogens with zero attached hydrogens (tertiary/aromatic N) is 2. The van der Waals surface area contributed by atoms with Crippen LogP contribution >= 0.6 is 0 Å². The van der Waals surface area contributed by atoms with Crippen LogP contribution in [0.4, 0.5) is 0 Å². The summed E-state index contributed by atoms with van der Waals surface area (Å²) in [6, 6.07) is 0. The summed E-state index contributed by atoms with van der Waals surface area (Å²) in [7, 11) is 0. The third-order valence-corrected chi connectivity index (χ3v) is 2.06. The molecule has 1 rings (SSSR count). The Balaban J connectivity index is 2.50. The largest absolute Gasteiger partial charge is 0.330 e. The first-order valence-electron chi connectivity index (χ1n) is 4.83. The summed E-state index contributed by atoms with van der Waals surface area (Å²) in [6.07, 6.45) is 2.23. The molecule has 1 aliphatic rings. The molecule has 1 heterocycles. The Morgan fingerprint density at radius 1 is 1.69 bits per heavy atom. The van der Waals surface area contributed by atoms with Crippen LogP contribution in [0.2, 0.25) is 0 Å². The fraction of sp³-hybridized carbons (Fsp3) is 0.778. The van der Waals surface area contributed by atoms with Crippen LogP contribution in [-0.2, 0) is 4.79 Å². The lowest BCUT2D eigenvalue weighted by Crippen LogP contribution is -2.35. The van der Waals surface area contributed by atoms with Gasteiger partial charge >= 0.3 is 0 Å². The van der Waals surface area contributed by atoms with Crippen molar-refractivity contribution in [3.05, 3.63) is 0 Å². The maximum Gasteiger partial charge on any atom is 0.227 e. The molecule has 13 heavy (non-hydrogen) atoms. The number of hydrogen-bond donors (Lipinski definition) is 1. The Labute approximate surface area is 78.8 Å². The van der Waals surface area contributed by atoms with E-state index in [1.165, 1.54) is 0 Å². The maximum atomic E-state index is 11.5. The third-order valence-electron chi connectivity index (χ3n) is 2.06. The Hall–Kier alpha value is -0.900. The molecule has 0 spiro atoms. The van der Waals surface area contributed by atoms with E-state index >= 15 is 0 Å². The molecular formula is C9H17N3O. The zero-order chi connectivity index (χ0) is 9.68. The van der Waals surface area contributed by atoms with Crippen LogP contribution in [0, 0.1) is 0 Å². The van der Waals surface area contributed by atoms with Gasteiger partial charge in [0.15, 0.2) is 0 Å². The zero-order valence-electron chi connectivity index (χ0n) is 8.12. The summed E-state index contributed by atoms with van der Waals surface area (Å²) in [5, 5.41) is 0. The van der Waals surface area contributed by atoms with Crippen molar-refractivity contribution in [1.29, 1.82) is 0 Å². The highest BCUT2D eigenvalue weighted by molar-refractivity contribution is 5.99. The number of carbonyl (C=O) groups excluding carboxylic acids is 1. The topological polar surface area (TPSA) is 58.7 Å². The van der Waals surface area contributed by atoms with Crippen molar-refractivity contribution in [3.8, 4) is 0 Å². The average molecular weight is 183 g/mol. The number of aliphatic imine (C=N–C) groups is 1. The van der Waals surface area contributed by atoms with Crippen molar-refractivity contribution in [1.82, 2.24) is 4.90 Å². The molecule has 0 aromatic heterocycles. The Morgan fingerprint density at radius 3 is 3.08 bits per heavy atom. The van der Waals surface area contributed by atoms with Gasteiger partial charge in [-0.15, -0.1) is 0 Å². The average Bonchev–Trinajstić information content (AvgIpc) is 2.54. The molecule has 4 nitrogen and oxygen atoms in total. The molecule has 0 aromatic rings. The molecule has 1 aliphatic heterocycles. The number of amidine groups is 1. The second-order valence-electron chi connectivity index (χ2n) is 3.13. The molecule has 0 radical (unpaired) electrons. The molecule has 0 aliphatic carbocycles. The fourth-order valence-corrected chi connectivity index (χ4v) is 1.45. The van der Waals surface area contributed by atoms with Gasteiger partial charge in [-0.05, 0) is 13.0 Å². The van der Waals surface area contributed by atoms with E-state index in [0.717, 1.165) is 31.8 Å². The summed E-state index contributed by atoms with van der Waals surface area (Å²) in [5.41, 5.74) is 5.43. The molecule has 0 aromatic carbocycles. The van der Waals surface area contributed by atoms with E-state index in [1.54, 1.807) is 4.90 Å². The van der Waals surface area contributed by atoms with Crippen molar-refractivity contribution >= 4 is 11.7 Å². The first-order valence-corrected chi connectivity index (χ1v) is 4.83. The molecule has 0 saturated carbocycles. The van der Waals surface area contributed by atoms with Gasteiger partial charge < -0.3 is 5.73 Å². The van der Waals surface area contributed by atoms with Gasteiger partial charge in [0, 0.05) is 19.4 Å². The summed E-state index contributed by atoms with van der Waals surface area (Å²) < 4.78 is 0. The lowest BCUT2D eigenvalue weighted by Gasteiger charge is -2.17. The molecule has 0 saturated heterocycles. The minimum absolute atomic E-state index is 0.187. The second-order valence-corrected chi connectivity index (χ2v) is 3.13. The van der Waals surface area contributed by atoms with Crippen LogP contribution in [0.1, 0.15) is 26.2 Å². The normalized spacial score (nSPS) is 16.2. The van der Waals surface area contributed by atoms with Crippen LogP contribution in [0.25, 0.3) is 0 Å². The van der Waals surface area contributed by atoms with Gasteiger partial charge in [0.1, 0.15) is 5.84 Å². The van der Waals surface area contributed by atoms with Crippen molar-refractivity contribution in [2.75, 3.05) is 19.6 Å². The van der Waals surface area contributed by atoms with Crippen LogP contribution < -0.4 is 5.73 Å². The SMILES string of the molecule is CCCC(=O)N1CCN=C1CCN. The predicted octanol–water partition coefficient (Wildman–Crippen LogP) is 0.376. The van der Waals surface area contributed by atoms with E-state index in [-0.39, 0.29) is 5.91 Å². The first kappa shape index (κ1) is 10.2. The van der Waals surface area contributed by atoms with Crippen molar-refractivity contribution in [2.45, 2.75) is 26.2 Å². The van der Waals surface area contributed by atoms with Gasteiger partial charge in [-0.3, -0.25) is 14.7 Å². The molecule has 1 amide bonds. The van der Waals surface area contributed by atoms with Crippen LogP contribution in [0.5, 0.6) is 0 Å². The highest BCUT2D eigenvalue weighted by Gasteiger charge is 2.21. The molecule has 0 unspecified atom stereocenters. The summed E-state index contributed by atoms with van der Waals surface area (Å²) >= 11 is 0. The van der Waals surface area contributed by atoms with Gasteiger partial charge in [-0.1, -0.05) is 6.92 Å². The zero-order valence-corrected chi connectivity index (χ0v) is 8.12. The van der Waals surface area contributed by atoms with Crippen LogP contribution in [0.3, 0.4) is 0 Å². The fourth-order valence-electron chi connectivity index (χ4n) is 1.45. The lowest BCUT2D eigenvalue weighted by atomic mass is 10.3. The monoisotopic (exact) mass is 183 g/mol. The summed E-state index contributed by atoms with van der Waals surface area (Å²) in [4.78, 5) is 17.6. The Morgan fingerprint density at radius 2 is 2.46 bits per heavy atom. The smallest absolute Gasteiger partial charge is 0.227 e. The van der Waals surface area contributed by atoms with Gasteiger partial charge in [-0.2, -0.15) is 0 Å². The van der Waals surface area contributed by atoms with E-state index in [2.05, 4.69) is 4.99 Å². The summed E-state index contributed by atoms with van der Waals surface area (Å²) in [6.45, 7) is 4.06. The quantitative estimate of drug-likeness (QED) is 0.684. The molecule has 0 fully saturated rings. The van der Waals surface area contributed by atoms with Gasteiger partial charge in [0.25, 0.3) is 0 Å². The molecule has 74 valence electrons. The Bertz CT molecular complexity index is 213. The standard InChI is InChI=1S/C9H17N3O/c1-2-3-9(13)12-7-6-11-8(12)4-5-10/h2-7,10H2,1H3. The molecule has 4 heteroatoms. The maximum absolute atomic E-state index is 11.5. The van der Waals surface area contributed by atoms with Crippen LogP contribution in [-0.4, -0.2) is 36.3 Å². The van der Waals surface area contributed by atoms with Gasteiger partial charge in [-0.25, -0.2) is 0 Å². The van der Waals surface area contributed by atoms with Gasteiger partial charge in [0.05, 0.1) is 6.54 Å². The highest BCUT2D eigenvalue weighted by Crippen LogP contribution is 2.07. The second kappa shape index (κ2) is 4.97. The van der Waals surface area contributed by atoms with Crippen molar-refractivity contribution < 1.29 is 4.79 Å². The number of amides is 1. The molecule has 0 atom stereocenters. The summed E-state index contributed by atoms with van der Waals surface area (Å²) in [5.74, 6) is 1.06. The van der Waals surface area contributed by atoms with E-state index < -0.39 is 0 Å². The van der Waals surface area contributed by atoms with E-state index in [9.17, 15) is 4.79 Å². The van der Waals surface area contributed by atoms with Crippen LogP contribution in [0.15, 0.2) is 4.99 Å². The molecular weight excluding hydrogens is 166 g/mol. The molecule has 2 N–H and O–H groups in total. The van der Waals surface area contributed by atoms with Gasteiger partial charge in [0.2, 0.25) is 5.91 Å². The van der Waals surface area contributed by atoms with Crippen molar-refractivity contribution in [3.63, 3.8) is 0 Å². The predicted molar refractivity (Wildman–Crippen MR) is 52.6 cm³/mol. The number of carbonyl (C=O) groups is 1. The highest BCUT2D eigenvalue weighted by atomic mass is 16.2. The minimum atomic E-state index is 0.187. The first-order chi connectivity index (χ1) is 6.29. The van der Waals surface area contributed by atoms with E-state index in [4.69, 9.17) is 5.73 Å².